The highest BCUT2D eigenvalue weighted by Crippen LogP contribution is 2.19. The van der Waals surface area contributed by atoms with Gasteiger partial charge in [-0.25, -0.2) is 4.98 Å². The van der Waals surface area contributed by atoms with Gasteiger partial charge in [0.1, 0.15) is 0 Å². The summed E-state index contributed by atoms with van der Waals surface area (Å²) in [5.41, 5.74) is 8.04. The third-order valence-electron chi connectivity index (χ3n) is 3.41. The maximum Gasteiger partial charge on any atom is 0.213 e. The molecule has 1 aromatic carbocycles. The van der Waals surface area contributed by atoms with E-state index in [4.69, 9.17) is 10.5 Å². The van der Waals surface area contributed by atoms with Crippen molar-refractivity contribution in [3.8, 4) is 5.88 Å². The zero-order valence-corrected chi connectivity index (χ0v) is 11.8. The second-order valence-electron chi connectivity index (χ2n) is 4.94. The first-order chi connectivity index (χ1) is 9.13. The molecule has 0 aliphatic rings. The zero-order chi connectivity index (χ0) is 13.8. The summed E-state index contributed by atoms with van der Waals surface area (Å²) in [5.74, 6) is 0.647. The number of benzene rings is 1. The van der Waals surface area contributed by atoms with E-state index in [2.05, 4.69) is 36.1 Å². The van der Waals surface area contributed by atoms with Gasteiger partial charge >= 0.3 is 0 Å². The van der Waals surface area contributed by atoms with E-state index in [1.54, 1.807) is 7.11 Å². The van der Waals surface area contributed by atoms with Crippen LogP contribution in [0.1, 0.15) is 5.56 Å². The van der Waals surface area contributed by atoms with Crippen LogP contribution >= 0.6 is 0 Å². The lowest BCUT2D eigenvalue weighted by Crippen LogP contribution is -2.36. The van der Waals surface area contributed by atoms with Crippen molar-refractivity contribution < 1.29 is 4.74 Å². The summed E-state index contributed by atoms with van der Waals surface area (Å²) >= 11 is 0. The highest BCUT2D eigenvalue weighted by Gasteiger charge is 2.10. The zero-order valence-electron chi connectivity index (χ0n) is 11.8. The molecule has 2 rings (SSSR count). The number of hydrogen-bond acceptors (Lipinski definition) is 4. The molecule has 0 spiro atoms. The molecule has 0 fully saturated rings. The second kappa shape index (κ2) is 5.99. The summed E-state index contributed by atoms with van der Waals surface area (Å²) in [6.07, 6.45) is 0.950. The minimum absolute atomic E-state index is 0.364. The number of methoxy groups -OCH3 is 1. The van der Waals surface area contributed by atoms with Gasteiger partial charge in [0.25, 0.3) is 0 Å². The molecule has 0 aliphatic carbocycles. The molecule has 0 unspecified atom stereocenters. The Morgan fingerprint density at radius 2 is 2.05 bits per heavy atom. The van der Waals surface area contributed by atoms with E-state index >= 15 is 0 Å². The van der Waals surface area contributed by atoms with E-state index in [9.17, 15) is 0 Å². The monoisotopic (exact) mass is 259 g/mol. The van der Waals surface area contributed by atoms with Crippen molar-refractivity contribution in [2.45, 2.75) is 12.5 Å². The third kappa shape index (κ3) is 3.22. The first kappa shape index (κ1) is 13.8. The van der Waals surface area contributed by atoms with Crippen LogP contribution in [0.2, 0.25) is 0 Å². The Morgan fingerprint density at radius 1 is 1.26 bits per heavy atom. The fourth-order valence-electron chi connectivity index (χ4n) is 2.15. The largest absolute Gasteiger partial charge is 0.481 e. The number of pyridine rings is 1. The van der Waals surface area contributed by atoms with Gasteiger partial charge in [-0.05, 0) is 44.3 Å². The number of likely N-dealkylation sites (N-methyl/N-ethyl adjacent to an activating group) is 1. The first-order valence-corrected chi connectivity index (χ1v) is 6.44. The predicted octanol–water partition coefficient (Wildman–Crippen LogP) is 1.67. The van der Waals surface area contributed by atoms with Crippen LogP contribution < -0.4 is 10.5 Å². The van der Waals surface area contributed by atoms with Crippen molar-refractivity contribution in [1.82, 2.24) is 9.88 Å². The molecule has 19 heavy (non-hydrogen) atoms. The van der Waals surface area contributed by atoms with Gasteiger partial charge in [-0.1, -0.05) is 6.07 Å². The smallest absolute Gasteiger partial charge is 0.213 e. The number of ether oxygens (including phenoxy) is 1. The van der Waals surface area contributed by atoms with E-state index in [1.165, 1.54) is 5.56 Å². The minimum atomic E-state index is 0.364. The van der Waals surface area contributed by atoms with Crippen molar-refractivity contribution in [2.75, 3.05) is 27.7 Å². The van der Waals surface area contributed by atoms with Crippen molar-refractivity contribution in [1.29, 1.82) is 0 Å². The second-order valence-corrected chi connectivity index (χ2v) is 4.94. The van der Waals surface area contributed by atoms with Crippen LogP contribution in [0.15, 0.2) is 30.3 Å². The molecule has 0 radical (unpaired) electrons. The van der Waals surface area contributed by atoms with Crippen LogP contribution in [0.4, 0.5) is 0 Å². The Balaban J connectivity index is 2.26. The van der Waals surface area contributed by atoms with Crippen LogP contribution in [-0.2, 0) is 6.42 Å². The maximum atomic E-state index is 5.80. The minimum Gasteiger partial charge on any atom is -0.481 e. The Labute approximate surface area is 114 Å². The highest BCUT2D eigenvalue weighted by molar-refractivity contribution is 5.79. The van der Waals surface area contributed by atoms with E-state index in [-0.39, 0.29) is 0 Å². The average molecular weight is 259 g/mol. The van der Waals surface area contributed by atoms with E-state index < -0.39 is 0 Å². The Hall–Kier alpha value is -1.65. The average Bonchev–Trinajstić information content (AvgIpc) is 2.43. The van der Waals surface area contributed by atoms with Crippen LogP contribution in [0.3, 0.4) is 0 Å². The van der Waals surface area contributed by atoms with E-state index in [1.807, 2.05) is 18.2 Å². The van der Waals surface area contributed by atoms with Crippen LogP contribution in [-0.4, -0.2) is 43.7 Å². The quantitative estimate of drug-likeness (QED) is 0.887. The normalized spacial score (nSPS) is 12.9. The van der Waals surface area contributed by atoms with Crippen molar-refractivity contribution in [3.63, 3.8) is 0 Å². The van der Waals surface area contributed by atoms with Gasteiger partial charge in [0, 0.05) is 24.0 Å². The fourth-order valence-corrected chi connectivity index (χ4v) is 2.15. The van der Waals surface area contributed by atoms with Gasteiger partial charge in [-0.3, -0.25) is 0 Å². The molecular weight excluding hydrogens is 238 g/mol. The van der Waals surface area contributed by atoms with Crippen molar-refractivity contribution in [2.24, 2.45) is 5.73 Å². The lowest BCUT2D eigenvalue weighted by atomic mass is 10.0. The molecule has 4 heteroatoms. The number of hydrogen-bond donors (Lipinski definition) is 1. The molecule has 4 nitrogen and oxygen atoms in total. The van der Waals surface area contributed by atoms with E-state index in [0.29, 0.717) is 18.5 Å². The summed E-state index contributed by atoms with van der Waals surface area (Å²) in [4.78, 5) is 6.58. The summed E-state index contributed by atoms with van der Waals surface area (Å²) in [5, 5.41) is 1.13. The Kier molecular flexibility index (Phi) is 4.35. The molecule has 0 saturated carbocycles. The topological polar surface area (TPSA) is 51.4 Å². The molecule has 1 heterocycles. The molecular formula is C15H21N3O. The van der Waals surface area contributed by atoms with Gasteiger partial charge in [0.05, 0.1) is 12.6 Å². The van der Waals surface area contributed by atoms with Gasteiger partial charge in [-0.2, -0.15) is 0 Å². The first-order valence-electron chi connectivity index (χ1n) is 6.44. The lowest BCUT2D eigenvalue weighted by Gasteiger charge is -2.22. The summed E-state index contributed by atoms with van der Waals surface area (Å²) in [6.45, 7) is 0.659. The molecule has 2 N–H and O–H groups in total. The van der Waals surface area contributed by atoms with Gasteiger partial charge in [-0.15, -0.1) is 0 Å². The Bertz CT molecular complexity index is 554. The van der Waals surface area contributed by atoms with Crippen LogP contribution in [0.25, 0.3) is 10.9 Å². The molecule has 1 atom stereocenters. The molecule has 0 aliphatic heterocycles. The highest BCUT2D eigenvalue weighted by atomic mass is 16.5. The van der Waals surface area contributed by atoms with E-state index in [0.717, 1.165) is 17.3 Å². The predicted molar refractivity (Wildman–Crippen MR) is 78.5 cm³/mol. The van der Waals surface area contributed by atoms with Crippen LogP contribution in [0, 0.1) is 0 Å². The van der Waals surface area contributed by atoms with Crippen molar-refractivity contribution in [3.05, 3.63) is 35.9 Å². The number of fused-ring (bicyclic) bond motifs is 1. The lowest BCUT2D eigenvalue weighted by molar-refractivity contribution is 0.298. The molecule has 0 bridgehead atoms. The third-order valence-corrected chi connectivity index (χ3v) is 3.41. The van der Waals surface area contributed by atoms with Gasteiger partial charge < -0.3 is 15.4 Å². The Morgan fingerprint density at radius 3 is 2.68 bits per heavy atom. The van der Waals surface area contributed by atoms with Gasteiger partial charge in [0.2, 0.25) is 5.88 Å². The summed E-state index contributed by atoms with van der Waals surface area (Å²) in [6, 6.07) is 10.6. The number of nitrogens with two attached hydrogens (primary N) is 1. The van der Waals surface area contributed by atoms with Gasteiger partial charge in [0.15, 0.2) is 0 Å². The molecule has 2 aromatic rings. The standard InChI is InChI=1S/C15H21N3O/c1-18(2)13(10-16)9-11-4-6-14-12(8-11)5-7-15(17-14)19-3/h4-8,13H,9-10,16H2,1-3H3/t13-/m0/s1. The SMILES string of the molecule is COc1ccc2cc(C[C@@H](CN)N(C)C)ccc2n1. The fraction of sp³-hybridized carbons (Fsp3) is 0.400. The number of nitrogens with zero attached hydrogens (tertiary/aromatic N) is 2. The number of aromatic nitrogens is 1. The van der Waals surface area contributed by atoms with Crippen LogP contribution in [0.5, 0.6) is 5.88 Å². The molecule has 0 amide bonds. The van der Waals surface area contributed by atoms with Crippen molar-refractivity contribution >= 4 is 10.9 Å². The summed E-state index contributed by atoms with van der Waals surface area (Å²) in [7, 11) is 5.75. The molecule has 0 saturated heterocycles. The maximum absolute atomic E-state index is 5.80. The molecule has 102 valence electrons. The number of rotatable bonds is 5. The molecule has 1 aromatic heterocycles. The summed E-state index contributed by atoms with van der Waals surface area (Å²) < 4.78 is 5.13.